The number of amides is 1. The van der Waals surface area contributed by atoms with Crippen molar-refractivity contribution in [3.8, 4) is 0 Å². The highest BCUT2D eigenvalue weighted by atomic mass is 35.5. The van der Waals surface area contributed by atoms with Gasteiger partial charge >= 0.3 is 0 Å². The monoisotopic (exact) mass is 299 g/mol. The second kappa shape index (κ2) is 7.09. The fraction of sp³-hybridized carbons (Fsp3) is 0.167. The lowest BCUT2D eigenvalue weighted by Gasteiger charge is -2.15. The lowest BCUT2D eigenvalue weighted by Crippen LogP contribution is -2.23. The molecule has 0 saturated carbocycles. The average Bonchev–Trinajstić information content (AvgIpc) is 2.50. The molecule has 0 saturated heterocycles. The van der Waals surface area contributed by atoms with Crippen LogP contribution in [0.25, 0.3) is 5.57 Å². The maximum absolute atomic E-state index is 11.4. The molecule has 0 fully saturated rings. The van der Waals surface area contributed by atoms with Crippen molar-refractivity contribution in [1.82, 2.24) is 4.90 Å². The number of hydrogen-bond donors (Lipinski definition) is 0. The van der Waals surface area contributed by atoms with Crippen LogP contribution in [0.4, 0.5) is 0 Å². The van der Waals surface area contributed by atoms with E-state index in [9.17, 15) is 4.79 Å². The van der Waals surface area contributed by atoms with E-state index in [2.05, 4.69) is 0 Å². The summed E-state index contributed by atoms with van der Waals surface area (Å²) in [6.07, 6.45) is 2.04. The fourth-order valence-corrected chi connectivity index (χ4v) is 2.27. The number of benzene rings is 2. The van der Waals surface area contributed by atoms with Gasteiger partial charge < -0.3 is 4.90 Å². The van der Waals surface area contributed by atoms with Crippen molar-refractivity contribution in [2.24, 2.45) is 0 Å². The van der Waals surface area contributed by atoms with Crippen LogP contribution in [-0.4, -0.2) is 24.4 Å². The highest BCUT2D eigenvalue weighted by Crippen LogP contribution is 2.29. The van der Waals surface area contributed by atoms with Crippen molar-refractivity contribution >= 4 is 23.1 Å². The van der Waals surface area contributed by atoms with E-state index in [4.69, 9.17) is 11.6 Å². The summed E-state index contributed by atoms with van der Waals surface area (Å²) in [5, 5.41) is 0.707. The molecule has 108 valence electrons. The molecule has 0 bridgehead atoms. The maximum atomic E-state index is 11.4. The third-order valence-corrected chi connectivity index (χ3v) is 3.69. The minimum Gasteiger partial charge on any atom is -0.342 e. The van der Waals surface area contributed by atoms with Crippen molar-refractivity contribution in [1.29, 1.82) is 0 Å². The first-order chi connectivity index (χ1) is 10.1. The van der Waals surface area contributed by atoms with Crippen molar-refractivity contribution in [3.63, 3.8) is 0 Å². The van der Waals surface area contributed by atoms with Crippen LogP contribution >= 0.6 is 11.6 Å². The van der Waals surface area contributed by atoms with Gasteiger partial charge in [0.15, 0.2) is 0 Å². The molecule has 2 aromatic rings. The van der Waals surface area contributed by atoms with E-state index in [-0.39, 0.29) is 5.91 Å². The summed E-state index contributed by atoms with van der Waals surface area (Å²) in [4.78, 5) is 13.0. The van der Waals surface area contributed by atoms with Gasteiger partial charge in [-0.3, -0.25) is 4.79 Å². The number of carbonyl (C=O) groups is 1. The van der Waals surface area contributed by atoms with Gasteiger partial charge in [-0.05, 0) is 17.2 Å². The molecular weight excluding hydrogens is 282 g/mol. The Bertz CT molecular complexity index is 649. The minimum absolute atomic E-state index is 0.0396. The fourth-order valence-electron chi connectivity index (χ4n) is 2.04. The summed E-state index contributed by atoms with van der Waals surface area (Å²) in [7, 11) is 1.79. The minimum atomic E-state index is 0.0396. The first-order valence-electron chi connectivity index (χ1n) is 6.82. The van der Waals surface area contributed by atoms with Gasteiger partial charge in [-0.25, -0.2) is 0 Å². The topological polar surface area (TPSA) is 20.3 Å². The maximum Gasteiger partial charge on any atom is 0.219 e. The Morgan fingerprint density at radius 1 is 1.10 bits per heavy atom. The molecule has 0 aliphatic rings. The van der Waals surface area contributed by atoms with E-state index >= 15 is 0 Å². The SMILES string of the molecule is CC(=O)N(C)C/C=C(\c1ccccc1)c1ccccc1Cl. The molecule has 1 amide bonds. The van der Waals surface area contributed by atoms with Gasteiger partial charge in [0.1, 0.15) is 0 Å². The summed E-state index contributed by atoms with van der Waals surface area (Å²) in [6, 6.07) is 17.8. The lowest BCUT2D eigenvalue weighted by atomic mass is 9.97. The summed E-state index contributed by atoms with van der Waals surface area (Å²) in [5.74, 6) is 0.0396. The molecular formula is C18H18ClNO. The van der Waals surface area contributed by atoms with Crippen molar-refractivity contribution in [2.75, 3.05) is 13.6 Å². The molecule has 0 N–H and O–H groups in total. The molecule has 0 unspecified atom stereocenters. The zero-order chi connectivity index (χ0) is 15.2. The predicted octanol–water partition coefficient (Wildman–Crippen LogP) is 4.25. The van der Waals surface area contributed by atoms with Gasteiger partial charge in [0.05, 0.1) is 0 Å². The Morgan fingerprint density at radius 2 is 1.71 bits per heavy atom. The Labute approximate surface area is 130 Å². The molecule has 0 aliphatic carbocycles. The molecule has 2 nitrogen and oxygen atoms in total. The normalized spacial score (nSPS) is 11.3. The summed E-state index contributed by atoms with van der Waals surface area (Å²) < 4.78 is 0. The predicted molar refractivity (Wildman–Crippen MR) is 88.3 cm³/mol. The van der Waals surface area contributed by atoms with Crippen LogP contribution in [0, 0.1) is 0 Å². The molecule has 21 heavy (non-hydrogen) atoms. The van der Waals surface area contributed by atoms with Crippen LogP contribution in [0.2, 0.25) is 5.02 Å². The Morgan fingerprint density at radius 3 is 2.33 bits per heavy atom. The van der Waals surface area contributed by atoms with Gasteiger partial charge in [0.2, 0.25) is 5.91 Å². The van der Waals surface area contributed by atoms with E-state index in [1.54, 1.807) is 18.9 Å². The molecule has 0 atom stereocenters. The number of rotatable bonds is 4. The highest BCUT2D eigenvalue weighted by Gasteiger charge is 2.09. The van der Waals surface area contributed by atoms with Crippen LogP contribution in [0.15, 0.2) is 60.7 Å². The van der Waals surface area contributed by atoms with Gasteiger partial charge in [-0.1, -0.05) is 66.2 Å². The van der Waals surface area contributed by atoms with Crippen molar-refractivity contribution in [3.05, 3.63) is 76.8 Å². The zero-order valence-electron chi connectivity index (χ0n) is 12.2. The van der Waals surface area contributed by atoms with Crippen LogP contribution in [0.5, 0.6) is 0 Å². The molecule has 0 aliphatic heterocycles. The number of carbonyl (C=O) groups excluding carboxylic acids is 1. The Balaban J connectivity index is 2.43. The molecule has 0 spiro atoms. The molecule has 2 rings (SSSR count). The second-order valence-corrected chi connectivity index (χ2v) is 5.27. The number of nitrogens with zero attached hydrogens (tertiary/aromatic N) is 1. The third-order valence-electron chi connectivity index (χ3n) is 3.36. The van der Waals surface area contributed by atoms with Crippen LogP contribution in [-0.2, 0) is 4.79 Å². The zero-order valence-corrected chi connectivity index (χ0v) is 13.0. The van der Waals surface area contributed by atoms with Crippen LogP contribution in [0.1, 0.15) is 18.1 Å². The van der Waals surface area contributed by atoms with Crippen molar-refractivity contribution in [2.45, 2.75) is 6.92 Å². The molecule has 0 aromatic heterocycles. The molecule has 0 radical (unpaired) electrons. The highest BCUT2D eigenvalue weighted by molar-refractivity contribution is 6.32. The second-order valence-electron chi connectivity index (χ2n) is 4.86. The van der Waals surface area contributed by atoms with E-state index in [1.165, 1.54) is 0 Å². The Hall–Kier alpha value is -2.06. The van der Waals surface area contributed by atoms with E-state index in [0.29, 0.717) is 11.6 Å². The molecule has 0 heterocycles. The lowest BCUT2D eigenvalue weighted by molar-refractivity contribution is -0.127. The standard InChI is InChI=1S/C18H18ClNO/c1-14(21)20(2)13-12-16(15-8-4-3-5-9-15)17-10-6-7-11-18(17)19/h3-12H,13H2,1-2H3/b16-12+. The summed E-state index contributed by atoms with van der Waals surface area (Å²) >= 11 is 6.33. The van der Waals surface area contributed by atoms with Gasteiger partial charge in [-0.2, -0.15) is 0 Å². The van der Waals surface area contributed by atoms with Gasteiger partial charge in [0.25, 0.3) is 0 Å². The molecule has 3 heteroatoms. The quantitative estimate of drug-likeness (QED) is 0.826. The van der Waals surface area contributed by atoms with E-state index in [0.717, 1.165) is 16.7 Å². The summed E-state index contributed by atoms with van der Waals surface area (Å²) in [5.41, 5.74) is 3.10. The van der Waals surface area contributed by atoms with Crippen molar-refractivity contribution < 1.29 is 4.79 Å². The summed E-state index contributed by atoms with van der Waals surface area (Å²) in [6.45, 7) is 2.11. The van der Waals surface area contributed by atoms with Crippen LogP contribution in [0.3, 0.4) is 0 Å². The van der Waals surface area contributed by atoms with E-state index < -0.39 is 0 Å². The smallest absolute Gasteiger partial charge is 0.219 e. The van der Waals surface area contributed by atoms with Crippen LogP contribution < -0.4 is 0 Å². The first kappa shape index (κ1) is 15.3. The first-order valence-corrected chi connectivity index (χ1v) is 7.19. The largest absolute Gasteiger partial charge is 0.342 e. The Kier molecular flexibility index (Phi) is 5.18. The number of hydrogen-bond acceptors (Lipinski definition) is 1. The van der Waals surface area contributed by atoms with Gasteiger partial charge in [0, 0.05) is 31.1 Å². The number of halogens is 1. The average molecular weight is 300 g/mol. The van der Waals surface area contributed by atoms with E-state index in [1.807, 2.05) is 60.7 Å². The number of likely N-dealkylation sites (N-methyl/N-ethyl adjacent to an activating group) is 1. The van der Waals surface area contributed by atoms with Gasteiger partial charge in [-0.15, -0.1) is 0 Å². The molecule has 2 aromatic carbocycles. The third kappa shape index (κ3) is 3.96.